The number of ether oxygens (including phenoxy) is 1. The molecule has 0 radical (unpaired) electrons. The highest BCUT2D eigenvalue weighted by Crippen LogP contribution is 2.26. The van der Waals surface area contributed by atoms with Gasteiger partial charge in [-0.1, -0.05) is 47.0 Å². The van der Waals surface area contributed by atoms with Crippen molar-refractivity contribution in [3.63, 3.8) is 0 Å². The first-order chi connectivity index (χ1) is 12.1. The average molecular weight is 433 g/mol. The molecule has 0 bridgehead atoms. The van der Waals surface area contributed by atoms with Crippen molar-refractivity contribution in [3.05, 3.63) is 62.6 Å². The summed E-state index contributed by atoms with van der Waals surface area (Å²) >= 11 is 12.2. The largest absolute Gasteiger partial charge is 1.00 e. The number of quaternary nitrogens is 1. The zero-order valence-electron chi connectivity index (χ0n) is 16.5. The van der Waals surface area contributed by atoms with E-state index in [9.17, 15) is 5.11 Å². The molecule has 3 nitrogen and oxygen atoms in total. The molecule has 1 atom stereocenters. The van der Waals surface area contributed by atoms with Crippen molar-refractivity contribution < 1.29 is 26.7 Å². The van der Waals surface area contributed by atoms with Crippen LogP contribution in [0.5, 0.6) is 5.75 Å². The lowest BCUT2D eigenvalue weighted by Crippen LogP contribution is -3.00. The second-order valence-corrected chi connectivity index (χ2v) is 8.55. The fourth-order valence-corrected chi connectivity index (χ4v) is 3.84. The lowest BCUT2D eigenvalue weighted by molar-refractivity contribution is -0.906. The van der Waals surface area contributed by atoms with Gasteiger partial charge in [-0.15, -0.1) is 0 Å². The van der Waals surface area contributed by atoms with Crippen molar-refractivity contribution in [2.75, 3.05) is 27.2 Å². The molecule has 0 saturated heterocycles. The molecule has 150 valence electrons. The number of benzene rings is 2. The zero-order valence-corrected chi connectivity index (χ0v) is 18.8. The van der Waals surface area contributed by atoms with Crippen LogP contribution in [0.25, 0.3) is 0 Å². The quantitative estimate of drug-likeness (QED) is 0.678. The first kappa shape index (κ1) is 24.1. The van der Waals surface area contributed by atoms with E-state index in [1.54, 1.807) is 6.07 Å². The summed E-state index contributed by atoms with van der Waals surface area (Å²) in [6.07, 6.45) is -0.573. The molecule has 2 rings (SSSR count). The van der Waals surface area contributed by atoms with Gasteiger partial charge in [-0.05, 0) is 44.0 Å². The van der Waals surface area contributed by atoms with Gasteiger partial charge in [0.1, 0.15) is 31.5 Å². The number of hydrogen-bond donors (Lipinski definition) is 1. The van der Waals surface area contributed by atoms with Crippen LogP contribution in [0, 0.1) is 20.8 Å². The summed E-state index contributed by atoms with van der Waals surface area (Å²) in [4.78, 5) is 0. The van der Waals surface area contributed by atoms with Crippen LogP contribution in [0.4, 0.5) is 0 Å². The molecule has 0 aromatic heterocycles. The van der Waals surface area contributed by atoms with Crippen molar-refractivity contribution in [3.8, 4) is 5.75 Å². The van der Waals surface area contributed by atoms with Crippen LogP contribution in [-0.4, -0.2) is 42.9 Å². The fourth-order valence-electron chi connectivity index (χ4n) is 3.37. The highest BCUT2D eigenvalue weighted by atomic mass is 35.5. The molecule has 0 spiro atoms. The number of aryl methyl sites for hydroxylation is 3. The van der Waals surface area contributed by atoms with Gasteiger partial charge < -0.3 is 26.7 Å². The predicted octanol–water partition coefficient (Wildman–Crippen LogP) is 1.94. The standard InChI is InChI=1S/C21H28Cl2NO2.ClH/c1-14-8-15(2)21(16(3)9-14)26-13-19(25)12-24(4,5)11-17-6-7-18(22)10-20(17)23;/h6-10,19,25H,11-13H2,1-5H3;1H/q+1;/p-1. The summed E-state index contributed by atoms with van der Waals surface area (Å²) < 4.78 is 6.51. The number of hydrogen-bond acceptors (Lipinski definition) is 2. The molecule has 27 heavy (non-hydrogen) atoms. The van der Waals surface area contributed by atoms with Crippen LogP contribution < -0.4 is 17.1 Å². The SMILES string of the molecule is Cc1cc(C)c(OCC(O)C[N+](C)(C)Cc2ccc(Cl)cc2Cl)c(C)c1.[Cl-]. The van der Waals surface area contributed by atoms with Gasteiger partial charge in [0.25, 0.3) is 0 Å². The molecule has 1 unspecified atom stereocenters. The highest BCUT2D eigenvalue weighted by Gasteiger charge is 2.23. The Hall–Kier alpha value is -0.970. The van der Waals surface area contributed by atoms with E-state index in [4.69, 9.17) is 27.9 Å². The van der Waals surface area contributed by atoms with Gasteiger partial charge in [0, 0.05) is 10.6 Å². The zero-order chi connectivity index (χ0) is 19.5. The average Bonchev–Trinajstić information content (AvgIpc) is 2.48. The molecule has 0 aliphatic carbocycles. The van der Waals surface area contributed by atoms with Gasteiger partial charge in [0.2, 0.25) is 0 Å². The van der Waals surface area contributed by atoms with Crippen molar-refractivity contribution >= 4 is 23.2 Å². The first-order valence-corrected chi connectivity index (χ1v) is 9.47. The number of aliphatic hydroxyl groups is 1. The first-order valence-electron chi connectivity index (χ1n) is 8.72. The summed E-state index contributed by atoms with van der Waals surface area (Å²) in [6, 6.07) is 9.72. The Morgan fingerprint density at radius 1 is 1.04 bits per heavy atom. The third-order valence-electron chi connectivity index (χ3n) is 4.34. The summed E-state index contributed by atoms with van der Waals surface area (Å²) in [7, 11) is 4.13. The summed E-state index contributed by atoms with van der Waals surface area (Å²) in [5.74, 6) is 0.862. The summed E-state index contributed by atoms with van der Waals surface area (Å²) in [5, 5.41) is 11.8. The number of aliphatic hydroxyl groups excluding tert-OH is 1. The Kier molecular flexibility index (Phi) is 8.91. The van der Waals surface area contributed by atoms with Gasteiger partial charge in [0.05, 0.1) is 19.1 Å². The third kappa shape index (κ3) is 7.17. The van der Waals surface area contributed by atoms with Gasteiger partial charge in [-0.25, -0.2) is 0 Å². The third-order valence-corrected chi connectivity index (χ3v) is 4.93. The number of nitrogens with zero attached hydrogens (tertiary/aromatic N) is 1. The molecule has 0 saturated carbocycles. The second kappa shape index (κ2) is 9.99. The Bertz CT molecular complexity index is 755. The van der Waals surface area contributed by atoms with Crippen LogP contribution in [0.3, 0.4) is 0 Å². The van der Waals surface area contributed by atoms with Gasteiger partial charge in [0.15, 0.2) is 0 Å². The number of rotatable bonds is 7. The summed E-state index contributed by atoms with van der Waals surface area (Å²) in [6.45, 7) is 7.66. The molecular weight excluding hydrogens is 405 g/mol. The maximum atomic E-state index is 10.5. The minimum Gasteiger partial charge on any atom is -1.00 e. The van der Waals surface area contributed by atoms with Crippen LogP contribution >= 0.6 is 23.2 Å². The Morgan fingerprint density at radius 3 is 2.19 bits per heavy atom. The smallest absolute Gasteiger partial charge is 0.137 e. The topological polar surface area (TPSA) is 29.5 Å². The predicted molar refractivity (Wildman–Crippen MR) is 109 cm³/mol. The monoisotopic (exact) mass is 431 g/mol. The van der Waals surface area contributed by atoms with Crippen LogP contribution in [0.2, 0.25) is 10.0 Å². The minimum atomic E-state index is -0.573. The minimum absolute atomic E-state index is 0. The maximum absolute atomic E-state index is 10.5. The van der Waals surface area contributed by atoms with E-state index in [0.29, 0.717) is 27.6 Å². The lowest BCUT2D eigenvalue weighted by Gasteiger charge is -2.32. The molecule has 2 aromatic carbocycles. The highest BCUT2D eigenvalue weighted by molar-refractivity contribution is 6.35. The van der Waals surface area contributed by atoms with E-state index in [1.165, 1.54) is 5.56 Å². The summed E-state index contributed by atoms with van der Waals surface area (Å²) in [5.41, 5.74) is 4.41. The van der Waals surface area contributed by atoms with E-state index in [0.717, 1.165) is 22.4 Å². The van der Waals surface area contributed by atoms with E-state index in [1.807, 2.05) is 26.0 Å². The van der Waals surface area contributed by atoms with E-state index in [2.05, 4.69) is 33.2 Å². The molecular formula is C21H28Cl3NO2. The Labute approximate surface area is 178 Å². The second-order valence-electron chi connectivity index (χ2n) is 7.70. The Morgan fingerprint density at radius 2 is 1.63 bits per heavy atom. The lowest BCUT2D eigenvalue weighted by atomic mass is 10.1. The molecule has 0 aliphatic rings. The van der Waals surface area contributed by atoms with Crippen molar-refractivity contribution in [1.29, 1.82) is 0 Å². The van der Waals surface area contributed by atoms with E-state index in [-0.39, 0.29) is 19.0 Å². The van der Waals surface area contributed by atoms with E-state index < -0.39 is 6.10 Å². The fraction of sp³-hybridized carbons (Fsp3) is 0.429. The molecule has 0 amide bonds. The number of likely N-dealkylation sites (N-methyl/N-ethyl adjacent to an activating group) is 1. The van der Waals surface area contributed by atoms with Crippen LogP contribution in [0.1, 0.15) is 22.3 Å². The van der Waals surface area contributed by atoms with Crippen molar-refractivity contribution in [2.24, 2.45) is 0 Å². The number of halogens is 3. The molecule has 1 N–H and O–H groups in total. The van der Waals surface area contributed by atoms with Gasteiger partial charge >= 0.3 is 0 Å². The van der Waals surface area contributed by atoms with Crippen LogP contribution in [0.15, 0.2) is 30.3 Å². The van der Waals surface area contributed by atoms with Crippen LogP contribution in [-0.2, 0) is 6.54 Å². The van der Waals surface area contributed by atoms with E-state index >= 15 is 0 Å². The molecule has 2 aromatic rings. The van der Waals surface area contributed by atoms with Gasteiger partial charge in [-0.2, -0.15) is 0 Å². The maximum Gasteiger partial charge on any atom is 0.137 e. The van der Waals surface area contributed by atoms with Crippen molar-refractivity contribution in [1.82, 2.24) is 0 Å². The molecule has 0 fully saturated rings. The van der Waals surface area contributed by atoms with Gasteiger partial charge in [-0.3, -0.25) is 0 Å². The van der Waals surface area contributed by atoms with Crippen molar-refractivity contribution in [2.45, 2.75) is 33.4 Å². The molecule has 6 heteroatoms. The normalized spacial score (nSPS) is 12.4. The molecule has 0 heterocycles. The Balaban J connectivity index is 0.00000364. The molecule has 0 aliphatic heterocycles.